The van der Waals surface area contributed by atoms with E-state index in [1.165, 1.54) is 18.5 Å². The zero-order chi connectivity index (χ0) is 12.4. The van der Waals surface area contributed by atoms with Crippen LogP contribution in [-0.4, -0.2) is 36.0 Å². The number of hydrogen-bond acceptors (Lipinski definition) is 6. The molecule has 0 aliphatic carbocycles. The fourth-order valence-electron chi connectivity index (χ4n) is 1.19. The van der Waals surface area contributed by atoms with Crippen LogP contribution >= 0.6 is 0 Å². The highest BCUT2D eigenvalue weighted by Gasteiger charge is 2.19. The smallest absolute Gasteiger partial charge is 0.390 e. The van der Waals surface area contributed by atoms with Gasteiger partial charge >= 0.3 is 11.8 Å². The maximum absolute atomic E-state index is 10.9. The first kappa shape index (κ1) is 10.7. The lowest BCUT2D eigenvalue weighted by atomic mass is 10.3. The van der Waals surface area contributed by atoms with Gasteiger partial charge in [-0.2, -0.15) is 5.10 Å². The van der Waals surface area contributed by atoms with Gasteiger partial charge in [0, 0.05) is 0 Å². The van der Waals surface area contributed by atoms with E-state index in [0.717, 1.165) is 10.7 Å². The zero-order valence-electron chi connectivity index (χ0n) is 8.22. The van der Waals surface area contributed by atoms with E-state index in [1.54, 1.807) is 0 Å². The van der Waals surface area contributed by atoms with E-state index < -0.39 is 16.7 Å². The van der Waals surface area contributed by atoms with Crippen molar-refractivity contribution in [1.82, 2.24) is 20.0 Å². The van der Waals surface area contributed by atoms with Gasteiger partial charge in [0.15, 0.2) is 0 Å². The van der Waals surface area contributed by atoms with Crippen LogP contribution in [0.1, 0.15) is 10.4 Å². The average Bonchev–Trinajstić information content (AvgIpc) is 2.78. The lowest BCUT2D eigenvalue weighted by molar-refractivity contribution is -0.389. The third kappa shape index (κ3) is 1.93. The zero-order valence-corrected chi connectivity index (χ0v) is 8.22. The highest BCUT2D eigenvalue weighted by atomic mass is 16.6. The second-order valence-corrected chi connectivity index (χ2v) is 2.95. The van der Waals surface area contributed by atoms with Crippen LogP contribution in [0.15, 0.2) is 24.5 Å². The highest BCUT2D eigenvalue weighted by Crippen LogP contribution is 2.13. The SMILES string of the molecule is O=C(O)c1ccnnc1-n1ccc([N+](=O)[O-])n1. The van der Waals surface area contributed by atoms with E-state index in [9.17, 15) is 14.9 Å². The number of hydrogen-bond donors (Lipinski definition) is 1. The highest BCUT2D eigenvalue weighted by molar-refractivity contribution is 5.90. The molecule has 0 atom stereocenters. The van der Waals surface area contributed by atoms with Crippen LogP contribution in [0, 0.1) is 10.1 Å². The van der Waals surface area contributed by atoms with E-state index in [4.69, 9.17) is 5.11 Å². The molecule has 17 heavy (non-hydrogen) atoms. The van der Waals surface area contributed by atoms with Crippen molar-refractivity contribution < 1.29 is 14.8 Å². The minimum atomic E-state index is -1.21. The average molecular weight is 235 g/mol. The topological polar surface area (TPSA) is 124 Å². The molecule has 0 saturated carbocycles. The van der Waals surface area contributed by atoms with Gasteiger partial charge in [0.25, 0.3) is 0 Å². The summed E-state index contributed by atoms with van der Waals surface area (Å²) in [6.07, 6.45) is 2.46. The Balaban J connectivity index is 2.52. The van der Waals surface area contributed by atoms with Gasteiger partial charge in [-0.1, -0.05) is 0 Å². The third-order valence-corrected chi connectivity index (χ3v) is 1.91. The normalized spacial score (nSPS) is 10.1. The molecule has 9 heteroatoms. The summed E-state index contributed by atoms with van der Waals surface area (Å²) < 4.78 is 0.995. The van der Waals surface area contributed by atoms with Crippen molar-refractivity contribution in [3.05, 3.63) is 40.2 Å². The number of carboxylic acids is 1. The lowest BCUT2D eigenvalue weighted by Crippen LogP contribution is -2.09. The van der Waals surface area contributed by atoms with Crippen LogP contribution in [0.4, 0.5) is 5.82 Å². The molecular weight excluding hydrogens is 230 g/mol. The Kier molecular flexibility index (Phi) is 2.49. The molecule has 2 rings (SSSR count). The first-order valence-corrected chi connectivity index (χ1v) is 4.35. The van der Waals surface area contributed by atoms with Crippen LogP contribution < -0.4 is 0 Å². The predicted molar refractivity (Wildman–Crippen MR) is 52.8 cm³/mol. The van der Waals surface area contributed by atoms with Crippen molar-refractivity contribution in [2.24, 2.45) is 0 Å². The van der Waals surface area contributed by atoms with Crippen molar-refractivity contribution in [3.8, 4) is 5.82 Å². The molecule has 0 fully saturated rings. The number of aromatic nitrogens is 4. The van der Waals surface area contributed by atoms with Gasteiger partial charge in [0.05, 0.1) is 23.6 Å². The summed E-state index contributed by atoms with van der Waals surface area (Å²) in [6.45, 7) is 0. The first-order valence-electron chi connectivity index (χ1n) is 4.35. The molecule has 0 aromatic carbocycles. The molecule has 2 heterocycles. The Hall–Kier alpha value is -2.84. The minimum Gasteiger partial charge on any atom is -0.478 e. The second-order valence-electron chi connectivity index (χ2n) is 2.95. The monoisotopic (exact) mass is 235 g/mol. The molecule has 2 aromatic heterocycles. The quantitative estimate of drug-likeness (QED) is 0.597. The van der Waals surface area contributed by atoms with E-state index in [0.29, 0.717) is 0 Å². The summed E-state index contributed by atoms with van der Waals surface area (Å²) in [5, 5.41) is 30.0. The van der Waals surface area contributed by atoms with Gasteiger partial charge in [-0.3, -0.25) is 0 Å². The van der Waals surface area contributed by atoms with Crippen molar-refractivity contribution >= 4 is 11.8 Å². The van der Waals surface area contributed by atoms with Gasteiger partial charge in [0.2, 0.25) is 5.82 Å². The Labute approximate surface area is 93.5 Å². The largest absolute Gasteiger partial charge is 0.478 e. The Morgan fingerprint density at radius 2 is 2.24 bits per heavy atom. The number of aromatic carboxylic acids is 1. The standard InChI is InChI=1S/C8H5N5O4/c14-8(15)5-1-3-9-10-7(5)12-4-2-6(11-12)13(16)17/h1-4H,(H,14,15). The van der Waals surface area contributed by atoms with Gasteiger partial charge in [-0.25, -0.2) is 4.79 Å². The molecule has 2 aromatic rings. The maximum atomic E-state index is 10.9. The second kappa shape index (κ2) is 3.96. The van der Waals surface area contributed by atoms with Crippen molar-refractivity contribution in [3.63, 3.8) is 0 Å². The molecule has 0 unspecified atom stereocenters. The predicted octanol–water partition coefficient (Wildman–Crippen LogP) is 0.269. The minimum absolute atomic E-state index is 0.0758. The van der Waals surface area contributed by atoms with Gasteiger partial charge in [-0.05, 0) is 11.0 Å². The molecule has 86 valence electrons. The Morgan fingerprint density at radius 1 is 1.47 bits per heavy atom. The number of nitrogens with zero attached hydrogens (tertiary/aromatic N) is 5. The van der Waals surface area contributed by atoms with Crippen LogP contribution in [0.2, 0.25) is 0 Å². The molecule has 0 aliphatic rings. The van der Waals surface area contributed by atoms with Crippen LogP contribution in [0.5, 0.6) is 0 Å². The summed E-state index contributed by atoms with van der Waals surface area (Å²) in [4.78, 5) is 20.6. The molecule has 0 bridgehead atoms. The summed E-state index contributed by atoms with van der Waals surface area (Å²) in [7, 11) is 0. The van der Waals surface area contributed by atoms with E-state index in [1.807, 2.05) is 0 Å². The number of carbonyl (C=O) groups is 1. The van der Waals surface area contributed by atoms with Gasteiger partial charge in [0.1, 0.15) is 5.56 Å². The summed E-state index contributed by atoms with van der Waals surface area (Å²) in [5.74, 6) is -1.69. The molecule has 0 saturated heterocycles. The first-order chi connectivity index (χ1) is 8.09. The van der Waals surface area contributed by atoms with Crippen molar-refractivity contribution in [2.45, 2.75) is 0 Å². The third-order valence-electron chi connectivity index (χ3n) is 1.91. The summed E-state index contributed by atoms with van der Waals surface area (Å²) in [6, 6.07) is 2.37. The maximum Gasteiger partial charge on any atom is 0.390 e. The lowest BCUT2D eigenvalue weighted by Gasteiger charge is -1.98. The summed E-state index contributed by atoms with van der Waals surface area (Å²) in [5.41, 5.74) is -0.141. The van der Waals surface area contributed by atoms with Gasteiger partial charge in [-0.15, -0.1) is 9.78 Å². The fourth-order valence-corrected chi connectivity index (χ4v) is 1.19. The van der Waals surface area contributed by atoms with Crippen molar-refractivity contribution in [2.75, 3.05) is 0 Å². The van der Waals surface area contributed by atoms with E-state index >= 15 is 0 Å². The van der Waals surface area contributed by atoms with Crippen LogP contribution in [-0.2, 0) is 0 Å². The number of rotatable bonds is 3. The van der Waals surface area contributed by atoms with E-state index in [-0.39, 0.29) is 11.4 Å². The molecular formula is C8H5N5O4. The molecule has 0 radical (unpaired) electrons. The number of nitro groups is 1. The van der Waals surface area contributed by atoms with Gasteiger partial charge < -0.3 is 15.2 Å². The molecule has 0 spiro atoms. The van der Waals surface area contributed by atoms with Crippen molar-refractivity contribution in [1.29, 1.82) is 0 Å². The number of carboxylic acid groups (broad SMARTS) is 1. The Bertz CT molecular complexity index is 593. The molecule has 1 N–H and O–H groups in total. The molecule has 9 nitrogen and oxygen atoms in total. The van der Waals surface area contributed by atoms with E-state index in [2.05, 4.69) is 15.3 Å². The molecule has 0 aliphatic heterocycles. The van der Waals surface area contributed by atoms with Crippen LogP contribution in [0.3, 0.4) is 0 Å². The summed E-state index contributed by atoms with van der Waals surface area (Å²) >= 11 is 0. The van der Waals surface area contributed by atoms with Crippen LogP contribution in [0.25, 0.3) is 5.82 Å². The molecule has 0 amide bonds. The fraction of sp³-hybridized carbons (Fsp3) is 0. The Morgan fingerprint density at radius 3 is 2.82 bits per heavy atom.